The van der Waals surface area contributed by atoms with Crippen molar-refractivity contribution in [2.75, 3.05) is 26.8 Å². The average molecular weight is 475 g/mol. The van der Waals surface area contributed by atoms with Gasteiger partial charge in [0.1, 0.15) is 6.61 Å². The molecule has 3 aromatic rings. The van der Waals surface area contributed by atoms with E-state index in [9.17, 15) is 9.18 Å². The monoisotopic (exact) mass is 474 g/mol. The van der Waals surface area contributed by atoms with Crippen molar-refractivity contribution in [1.29, 1.82) is 0 Å². The third-order valence-corrected chi connectivity index (χ3v) is 6.58. The Balaban J connectivity index is 0.00000259. The number of amides is 1. The van der Waals surface area contributed by atoms with E-state index in [0.717, 1.165) is 41.8 Å². The zero-order chi connectivity index (χ0) is 22.2. The Morgan fingerprint density at radius 3 is 2.82 bits per heavy atom. The molecule has 6 nitrogen and oxygen atoms in total. The number of benzene rings is 2. The van der Waals surface area contributed by atoms with Gasteiger partial charge in [0, 0.05) is 35.6 Å². The van der Waals surface area contributed by atoms with E-state index in [2.05, 4.69) is 4.90 Å². The Hall–Kier alpha value is -2.77. The zero-order valence-electron chi connectivity index (χ0n) is 18.5. The smallest absolute Gasteiger partial charge is 0.249 e. The minimum absolute atomic E-state index is 0. The van der Waals surface area contributed by atoms with Crippen LogP contribution in [0.15, 0.2) is 41.0 Å². The zero-order valence-corrected chi connectivity index (χ0v) is 19.3. The fourth-order valence-electron chi connectivity index (χ4n) is 4.65. The Labute approximate surface area is 198 Å². The van der Waals surface area contributed by atoms with Crippen molar-refractivity contribution in [3.63, 3.8) is 0 Å². The first-order chi connectivity index (χ1) is 15.5. The molecule has 33 heavy (non-hydrogen) atoms. The molecule has 1 aromatic heterocycles. The highest BCUT2D eigenvalue weighted by atomic mass is 35.5. The SMILES string of the molecule is COc1cccc2c(CCN(CC3CC3)C3COc4c(F)ccc(C(N)=O)c4C3)coc12.Cl. The van der Waals surface area contributed by atoms with Gasteiger partial charge >= 0.3 is 0 Å². The predicted octanol–water partition coefficient (Wildman–Crippen LogP) is 4.36. The lowest BCUT2D eigenvalue weighted by Crippen LogP contribution is -2.45. The van der Waals surface area contributed by atoms with Gasteiger partial charge in [0.05, 0.1) is 13.4 Å². The average Bonchev–Trinajstić information content (AvgIpc) is 3.53. The van der Waals surface area contributed by atoms with Crippen LogP contribution < -0.4 is 15.2 Å². The summed E-state index contributed by atoms with van der Waals surface area (Å²) in [7, 11) is 1.64. The number of primary amides is 1. The third-order valence-electron chi connectivity index (χ3n) is 6.58. The molecule has 0 spiro atoms. The lowest BCUT2D eigenvalue weighted by Gasteiger charge is -2.36. The van der Waals surface area contributed by atoms with Gasteiger partial charge < -0.3 is 19.6 Å². The van der Waals surface area contributed by atoms with Gasteiger partial charge in [-0.05, 0) is 55.4 Å². The number of carbonyl (C=O) groups excluding carboxylic acids is 1. The minimum Gasteiger partial charge on any atom is -0.493 e. The van der Waals surface area contributed by atoms with Crippen LogP contribution in [0.1, 0.15) is 34.3 Å². The van der Waals surface area contributed by atoms with Crippen LogP contribution in [-0.2, 0) is 12.8 Å². The summed E-state index contributed by atoms with van der Waals surface area (Å²) in [5.41, 5.74) is 8.35. The predicted molar refractivity (Wildman–Crippen MR) is 126 cm³/mol. The summed E-state index contributed by atoms with van der Waals surface area (Å²) in [6, 6.07) is 8.66. The molecule has 1 amide bonds. The normalized spacial score (nSPS) is 17.4. The molecular weight excluding hydrogens is 447 g/mol. The van der Waals surface area contributed by atoms with Gasteiger partial charge in [0.2, 0.25) is 5.91 Å². The number of nitrogens with two attached hydrogens (primary N) is 1. The van der Waals surface area contributed by atoms with Crippen molar-refractivity contribution in [1.82, 2.24) is 4.90 Å². The maximum absolute atomic E-state index is 14.3. The molecule has 1 unspecified atom stereocenters. The number of hydrogen-bond donors (Lipinski definition) is 1. The van der Waals surface area contributed by atoms with E-state index < -0.39 is 11.7 Å². The van der Waals surface area contributed by atoms with Crippen molar-refractivity contribution in [2.24, 2.45) is 11.7 Å². The van der Waals surface area contributed by atoms with Gasteiger partial charge in [-0.15, -0.1) is 12.4 Å². The van der Waals surface area contributed by atoms with E-state index in [1.807, 2.05) is 18.2 Å². The van der Waals surface area contributed by atoms with Crippen LogP contribution in [0.25, 0.3) is 11.0 Å². The molecule has 1 fully saturated rings. The molecule has 0 bridgehead atoms. The Bertz CT molecular complexity index is 1160. The second-order valence-electron chi connectivity index (χ2n) is 8.72. The quantitative estimate of drug-likeness (QED) is 0.525. The summed E-state index contributed by atoms with van der Waals surface area (Å²) in [5, 5.41) is 1.05. The molecule has 1 atom stereocenters. The molecule has 8 heteroatoms. The number of ether oxygens (including phenoxy) is 2. The second kappa shape index (κ2) is 9.61. The third kappa shape index (κ3) is 4.66. The fourth-order valence-corrected chi connectivity index (χ4v) is 4.65. The molecule has 2 heterocycles. The molecule has 1 aliphatic heterocycles. The van der Waals surface area contributed by atoms with Gasteiger partial charge in [-0.1, -0.05) is 12.1 Å². The number of fused-ring (bicyclic) bond motifs is 2. The van der Waals surface area contributed by atoms with Gasteiger partial charge in [-0.2, -0.15) is 0 Å². The maximum atomic E-state index is 14.3. The number of carbonyl (C=O) groups is 1. The molecule has 176 valence electrons. The van der Waals surface area contributed by atoms with Crippen molar-refractivity contribution in [2.45, 2.75) is 31.7 Å². The van der Waals surface area contributed by atoms with Crippen LogP contribution in [0.4, 0.5) is 4.39 Å². The number of furan rings is 1. The van der Waals surface area contributed by atoms with Gasteiger partial charge in [-0.3, -0.25) is 9.69 Å². The maximum Gasteiger partial charge on any atom is 0.249 e. The van der Waals surface area contributed by atoms with Crippen LogP contribution >= 0.6 is 12.4 Å². The van der Waals surface area contributed by atoms with Crippen molar-refractivity contribution in [3.8, 4) is 11.5 Å². The van der Waals surface area contributed by atoms with E-state index in [4.69, 9.17) is 19.6 Å². The van der Waals surface area contributed by atoms with Crippen molar-refractivity contribution in [3.05, 3.63) is 59.1 Å². The highest BCUT2D eigenvalue weighted by Gasteiger charge is 2.33. The van der Waals surface area contributed by atoms with Gasteiger partial charge in [0.15, 0.2) is 22.9 Å². The molecule has 1 saturated carbocycles. The molecular formula is C25H28ClFN2O4. The molecule has 5 rings (SSSR count). The van der Waals surface area contributed by atoms with Crippen LogP contribution in [0.5, 0.6) is 11.5 Å². The number of para-hydroxylation sites is 1. The molecule has 2 aliphatic rings. The molecule has 0 radical (unpaired) electrons. The Kier molecular flexibility index (Phi) is 6.81. The summed E-state index contributed by atoms with van der Waals surface area (Å²) < 4.78 is 31.3. The lowest BCUT2D eigenvalue weighted by atomic mass is 9.95. The van der Waals surface area contributed by atoms with E-state index in [-0.39, 0.29) is 24.2 Å². The first kappa shape index (κ1) is 23.4. The van der Waals surface area contributed by atoms with E-state index in [0.29, 0.717) is 30.1 Å². The van der Waals surface area contributed by atoms with E-state index >= 15 is 0 Å². The summed E-state index contributed by atoms with van der Waals surface area (Å²) >= 11 is 0. The van der Waals surface area contributed by atoms with Crippen molar-refractivity contribution < 1.29 is 23.1 Å². The summed E-state index contributed by atoms with van der Waals surface area (Å²) in [4.78, 5) is 14.3. The highest BCUT2D eigenvalue weighted by molar-refractivity contribution is 5.95. The summed E-state index contributed by atoms with van der Waals surface area (Å²) in [6.07, 6.45) is 5.61. The summed E-state index contributed by atoms with van der Waals surface area (Å²) in [5.74, 6) is 0.563. The highest BCUT2D eigenvalue weighted by Crippen LogP contribution is 2.36. The van der Waals surface area contributed by atoms with Gasteiger partial charge in [-0.25, -0.2) is 4.39 Å². The van der Waals surface area contributed by atoms with Crippen LogP contribution in [0.2, 0.25) is 0 Å². The number of methoxy groups -OCH3 is 1. The number of hydrogen-bond acceptors (Lipinski definition) is 5. The van der Waals surface area contributed by atoms with E-state index in [1.54, 1.807) is 13.4 Å². The fraction of sp³-hybridized carbons (Fsp3) is 0.400. The molecule has 0 saturated heterocycles. The molecule has 2 aromatic carbocycles. The largest absolute Gasteiger partial charge is 0.493 e. The standard InChI is InChI=1S/C25H27FN2O4.ClH/c1-30-22-4-2-3-18-16(13-31-24(18)22)9-10-28(12-15-5-6-15)17-11-20-19(25(27)29)7-8-21(26)23(20)32-14-17;/h2-4,7-8,13,15,17H,5-6,9-12,14H2,1H3,(H2,27,29);1H. The summed E-state index contributed by atoms with van der Waals surface area (Å²) in [6.45, 7) is 2.16. The van der Waals surface area contributed by atoms with Crippen LogP contribution in [0, 0.1) is 11.7 Å². The minimum atomic E-state index is -0.557. The number of halogens is 2. The molecule has 2 N–H and O–H groups in total. The van der Waals surface area contributed by atoms with Crippen molar-refractivity contribution >= 4 is 29.3 Å². The van der Waals surface area contributed by atoms with E-state index in [1.165, 1.54) is 25.0 Å². The first-order valence-corrected chi connectivity index (χ1v) is 11.1. The Morgan fingerprint density at radius 2 is 2.09 bits per heavy atom. The topological polar surface area (TPSA) is 77.9 Å². The first-order valence-electron chi connectivity index (χ1n) is 11.1. The van der Waals surface area contributed by atoms with Crippen LogP contribution in [-0.4, -0.2) is 43.7 Å². The molecule has 1 aliphatic carbocycles. The second-order valence-corrected chi connectivity index (χ2v) is 8.72. The van der Waals surface area contributed by atoms with Crippen LogP contribution in [0.3, 0.4) is 0 Å². The number of rotatable bonds is 8. The lowest BCUT2D eigenvalue weighted by molar-refractivity contribution is 0.0982. The van der Waals surface area contributed by atoms with Gasteiger partial charge in [0.25, 0.3) is 0 Å². The Morgan fingerprint density at radius 1 is 1.27 bits per heavy atom. The number of nitrogens with zero attached hydrogens (tertiary/aromatic N) is 1.